The molecule has 1 amide bonds. The number of hydrogen-bond acceptors (Lipinski definition) is 2. The van der Waals surface area contributed by atoms with Crippen LogP contribution >= 0.6 is 0 Å². The number of ether oxygens (including phenoxy) is 1. The molecule has 142 valence electrons. The van der Waals surface area contributed by atoms with Gasteiger partial charge in [0, 0.05) is 0 Å². The van der Waals surface area contributed by atoms with Gasteiger partial charge >= 0.3 is 18.4 Å². The van der Waals surface area contributed by atoms with Gasteiger partial charge in [0.15, 0.2) is 0 Å². The van der Waals surface area contributed by atoms with Gasteiger partial charge in [0.25, 0.3) is 0 Å². The Labute approximate surface area is 141 Å². The summed E-state index contributed by atoms with van der Waals surface area (Å²) in [6.45, 7) is 5.83. The number of hydrogen-bond donors (Lipinski definition) is 1. The standard InChI is InChI=1S/C16H19F6NO2/c1-5-14(15(17,18)19,16(20,21)22)23-13(24)25-12-8-10(4)6-7-11(12)9(2)3/h6-9H,5H2,1-4H3,(H,23,24). The monoisotopic (exact) mass is 371 g/mol. The summed E-state index contributed by atoms with van der Waals surface area (Å²) in [5.74, 6) is -0.230. The quantitative estimate of drug-likeness (QED) is 0.712. The highest BCUT2D eigenvalue weighted by atomic mass is 19.4. The normalized spacial score (nSPS) is 13.1. The number of carbonyl (C=O) groups excluding carboxylic acids is 1. The highest BCUT2D eigenvalue weighted by molar-refractivity contribution is 5.72. The second kappa shape index (κ2) is 7.13. The predicted molar refractivity (Wildman–Crippen MR) is 79.6 cm³/mol. The molecular formula is C16H19F6NO2. The predicted octanol–water partition coefficient (Wildman–Crippen LogP) is 5.48. The van der Waals surface area contributed by atoms with Crippen molar-refractivity contribution in [3.8, 4) is 5.75 Å². The zero-order valence-corrected chi connectivity index (χ0v) is 14.1. The molecule has 0 atom stereocenters. The first-order valence-electron chi connectivity index (χ1n) is 7.49. The van der Waals surface area contributed by atoms with Gasteiger partial charge < -0.3 is 4.74 Å². The van der Waals surface area contributed by atoms with Gasteiger partial charge in [-0.3, -0.25) is 5.32 Å². The molecule has 9 heteroatoms. The molecule has 0 fully saturated rings. The Morgan fingerprint density at radius 3 is 2.04 bits per heavy atom. The first-order chi connectivity index (χ1) is 11.2. The Kier molecular flexibility index (Phi) is 6.02. The van der Waals surface area contributed by atoms with E-state index in [0.717, 1.165) is 5.32 Å². The smallest absolute Gasteiger partial charge is 0.410 e. The van der Waals surface area contributed by atoms with E-state index in [4.69, 9.17) is 4.74 Å². The number of alkyl halides is 6. The van der Waals surface area contributed by atoms with Gasteiger partial charge in [-0.1, -0.05) is 32.9 Å². The average Bonchev–Trinajstić information content (AvgIpc) is 2.41. The lowest BCUT2D eigenvalue weighted by Crippen LogP contribution is -2.67. The van der Waals surface area contributed by atoms with E-state index in [1.165, 1.54) is 6.07 Å². The third-order valence-electron chi connectivity index (χ3n) is 3.81. The van der Waals surface area contributed by atoms with E-state index in [1.807, 2.05) is 0 Å². The second-order valence-corrected chi connectivity index (χ2v) is 5.96. The summed E-state index contributed by atoms with van der Waals surface area (Å²) in [7, 11) is 0. The molecule has 0 unspecified atom stereocenters. The van der Waals surface area contributed by atoms with Crippen LogP contribution in [-0.2, 0) is 0 Å². The Morgan fingerprint density at radius 1 is 1.12 bits per heavy atom. The number of aryl methyl sites for hydroxylation is 1. The summed E-state index contributed by atoms with van der Waals surface area (Å²) in [4.78, 5) is 11.8. The highest BCUT2D eigenvalue weighted by Crippen LogP contribution is 2.45. The van der Waals surface area contributed by atoms with Crippen molar-refractivity contribution in [3.63, 3.8) is 0 Å². The lowest BCUT2D eigenvalue weighted by molar-refractivity contribution is -0.305. The molecule has 1 rings (SSSR count). The molecule has 0 aliphatic rings. The molecular weight excluding hydrogens is 352 g/mol. The van der Waals surface area contributed by atoms with Crippen molar-refractivity contribution in [3.05, 3.63) is 29.3 Å². The van der Waals surface area contributed by atoms with Crippen molar-refractivity contribution in [1.29, 1.82) is 0 Å². The van der Waals surface area contributed by atoms with Crippen molar-refractivity contribution < 1.29 is 35.9 Å². The number of nitrogens with one attached hydrogen (secondary N) is 1. The zero-order valence-electron chi connectivity index (χ0n) is 14.1. The van der Waals surface area contributed by atoms with Crippen LogP contribution in [0.4, 0.5) is 31.1 Å². The minimum absolute atomic E-state index is 0.0816. The molecule has 0 aromatic heterocycles. The highest BCUT2D eigenvalue weighted by Gasteiger charge is 2.71. The molecule has 0 aliphatic heterocycles. The van der Waals surface area contributed by atoms with Crippen molar-refractivity contribution in [1.82, 2.24) is 5.32 Å². The molecule has 0 spiro atoms. The van der Waals surface area contributed by atoms with Crippen LogP contribution in [0.15, 0.2) is 18.2 Å². The SMILES string of the molecule is CCC(NC(=O)Oc1cc(C)ccc1C(C)C)(C(F)(F)F)C(F)(F)F. The number of carbonyl (C=O) groups is 1. The van der Waals surface area contributed by atoms with Gasteiger partial charge in [-0.25, -0.2) is 4.79 Å². The third-order valence-corrected chi connectivity index (χ3v) is 3.81. The Balaban J connectivity index is 3.18. The molecule has 1 N–H and O–H groups in total. The summed E-state index contributed by atoms with van der Waals surface area (Å²) in [5.41, 5.74) is -3.25. The molecule has 0 saturated heterocycles. The van der Waals surface area contributed by atoms with E-state index in [0.29, 0.717) is 18.1 Å². The van der Waals surface area contributed by atoms with Gasteiger partial charge in [0.1, 0.15) is 5.75 Å². The van der Waals surface area contributed by atoms with Crippen LogP contribution in [0.1, 0.15) is 44.2 Å². The fourth-order valence-corrected chi connectivity index (χ4v) is 2.30. The maximum absolute atomic E-state index is 13.1. The van der Waals surface area contributed by atoms with Gasteiger partial charge in [-0.2, -0.15) is 26.3 Å². The summed E-state index contributed by atoms with van der Waals surface area (Å²) >= 11 is 0. The fourth-order valence-electron chi connectivity index (χ4n) is 2.30. The minimum atomic E-state index is -5.73. The summed E-state index contributed by atoms with van der Waals surface area (Å²) < 4.78 is 83.1. The Hall–Kier alpha value is -1.93. The van der Waals surface area contributed by atoms with Crippen LogP contribution in [0.25, 0.3) is 0 Å². The topological polar surface area (TPSA) is 38.3 Å². The number of rotatable bonds is 4. The lowest BCUT2D eigenvalue weighted by Gasteiger charge is -2.36. The van der Waals surface area contributed by atoms with E-state index >= 15 is 0 Å². The molecule has 0 heterocycles. The summed E-state index contributed by atoms with van der Waals surface area (Å²) in [5, 5.41) is 0.983. The van der Waals surface area contributed by atoms with E-state index in [-0.39, 0.29) is 11.7 Å². The van der Waals surface area contributed by atoms with Crippen LogP contribution in [0, 0.1) is 6.92 Å². The largest absolute Gasteiger partial charge is 0.420 e. The average molecular weight is 371 g/mol. The van der Waals surface area contributed by atoms with Gasteiger partial charge in [0.05, 0.1) is 0 Å². The maximum Gasteiger partial charge on any atom is 0.420 e. The summed E-state index contributed by atoms with van der Waals surface area (Å²) in [6, 6.07) is 4.68. The van der Waals surface area contributed by atoms with Crippen LogP contribution in [0.5, 0.6) is 5.75 Å². The molecule has 1 aromatic rings. The van der Waals surface area contributed by atoms with Crippen molar-refractivity contribution >= 4 is 6.09 Å². The summed E-state index contributed by atoms with van der Waals surface area (Å²) in [6.07, 6.45) is -14.7. The molecule has 0 bridgehead atoms. The van der Waals surface area contributed by atoms with E-state index < -0.39 is 30.4 Å². The maximum atomic E-state index is 13.1. The number of benzene rings is 1. The Bertz CT molecular complexity index is 608. The third kappa shape index (κ3) is 4.38. The van der Waals surface area contributed by atoms with Gasteiger partial charge in [-0.15, -0.1) is 0 Å². The van der Waals surface area contributed by atoms with E-state index in [2.05, 4.69) is 0 Å². The van der Waals surface area contributed by atoms with Crippen LogP contribution in [0.2, 0.25) is 0 Å². The number of amides is 1. The van der Waals surface area contributed by atoms with Gasteiger partial charge in [-0.05, 0) is 36.5 Å². The van der Waals surface area contributed by atoms with Crippen LogP contribution in [0.3, 0.4) is 0 Å². The number of halogens is 6. The zero-order chi connectivity index (χ0) is 19.6. The first kappa shape index (κ1) is 21.1. The molecule has 0 saturated carbocycles. The van der Waals surface area contributed by atoms with Crippen LogP contribution < -0.4 is 10.1 Å². The molecule has 0 aliphatic carbocycles. The molecule has 1 aromatic carbocycles. The van der Waals surface area contributed by atoms with E-state index in [1.54, 1.807) is 32.9 Å². The lowest BCUT2D eigenvalue weighted by atomic mass is 9.94. The fraction of sp³-hybridized carbons (Fsp3) is 0.562. The second-order valence-electron chi connectivity index (χ2n) is 5.96. The van der Waals surface area contributed by atoms with E-state index in [9.17, 15) is 31.1 Å². The van der Waals surface area contributed by atoms with Gasteiger partial charge in [0.2, 0.25) is 5.54 Å². The molecule has 25 heavy (non-hydrogen) atoms. The Morgan fingerprint density at radius 2 is 1.64 bits per heavy atom. The van der Waals surface area contributed by atoms with Crippen molar-refractivity contribution in [2.24, 2.45) is 0 Å². The van der Waals surface area contributed by atoms with Crippen LogP contribution in [-0.4, -0.2) is 24.0 Å². The minimum Gasteiger partial charge on any atom is -0.410 e. The first-order valence-corrected chi connectivity index (χ1v) is 7.49. The van der Waals surface area contributed by atoms with Crippen molar-refractivity contribution in [2.75, 3.05) is 0 Å². The molecule has 0 radical (unpaired) electrons. The van der Waals surface area contributed by atoms with Crippen molar-refractivity contribution in [2.45, 2.75) is 57.9 Å². The molecule has 3 nitrogen and oxygen atoms in total.